The van der Waals surface area contributed by atoms with E-state index in [1.807, 2.05) is 6.07 Å². The molecule has 6 heteroatoms. The quantitative estimate of drug-likeness (QED) is 0.159. The molecule has 0 fully saturated rings. The summed E-state index contributed by atoms with van der Waals surface area (Å²) in [6, 6.07) is 20.3. The normalized spacial score (nSPS) is 10.3. The van der Waals surface area contributed by atoms with Crippen LogP contribution < -0.4 is 0 Å². The van der Waals surface area contributed by atoms with Gasteiger partial charge >= 0.3 is 0 Å². The number of aliphatic hydroxyl groups is 3. The fourth-order valence-corrected chi connectivity index (χ4v) is 2.41. The number of allylic oxidation sites excluding steroid dienone is 3. The van der Waals surface area contributed by atoms with Gasteiger partial charge in [0.15, 0.2) is 0 Å². The molecule has 0 aromatic heterocycles. The Hall–Kier alpha value is -5.10. The molecular weight excluding hydrogens is 456 g/mol. The summed E-state index contributed by atoms with van der Waals surface area (Å²) in [6.45, 7) is 9.89. The Balaban J connectivity index is 0.000000270. The number of rotatable bonds is 6. The highest BCUT2D eigenvalue weighted by atomic mass is 16.3. The smallest absolute Gasteiger partial charge is 0.122 e. The van der Waals surface area contributed by atoms with E-state index in [4.69, 9.17) is 25.5 Å². The first kappa shape index (κ1) is 28.9. The van der Waals surface area contributed by atoms with Crippen LogP contribution in [0.4, 0.5) is 0 Å². The largest absolute Gasteiger partial charge is 0.509 e. The van der Waals surface area contributed by atoms with E-state index in [0.717, 1.165) is 11.1 Å². The van der Waals surface area contributed by atoms with Crippen LogP contribution >= 0.6 is 0 Å². The van der Waals surface area contributed by atoms with Crippen molar-refractivity contribution in [1.82, 2.24) is 0 Å². The second-order valence-electron chi connectivity index (χ2n) is 7.22. The molecule has 0 saturated heterocycles. The Morgan fingerprint density at radius 2 is 1.06 bits per heavy atom. The van der Waals surface area contributed by atoms with Gasteiger partial charge in [-0.3, -0.25) is 0 Å². The third-order valence-electron chi connectivity index (χ3n) is 4.09. The molecular formula is C30H30O6. The zero-order valence-electron chi connectivity index (χ0n) is 19.7. The van der Waals surface area contributed by atoms with Gasteiger partial charge in [-0.2, -0.15) is 0 Å². The van der Waals surface area contributed by atoms with Crippen molar-refractivity contribution in [3.63, 3.8) is 0 Å². The summed E-state index contributed by atoms with van der Waals surface area (Å²) in [6.07, 6.45) is 9.36. The second kappa shape index (κ2) is 15.7. The summed E-state index contributed by atoms with van der Waals surface area (Å²) in [5.41, 5.74) is 2.39. The highest BCUT2D eigenvalue weighted by Gasteiger charge is 1.93. The van der Waals surface area contributed by atoms with Crippen molar-refractivity contribution in [3.8, 4) is 17.2 Å². The molecule has 0 radical (unpaired) electrons. The van der Waals surface area contributed by atoms with E-state index < -0.39 is 0 Å². The van der Waals surface area contributed by atoms with E-state index in [9.17, 15) is 5.11 Å². The molecule has 0 spiro atoms. The molecule has 0 atom stereocenters. The Kier molecular flexibility index (Phi) is 12.6. The van der Waals surface area contributed by atoms with E-state index >= 15 is 0 Å². The van der Waals surface area contributed by atoms with Crippen LogP contribution in [0.25, 0.3) is 18.2 Å². The van der Waals surface area contributed by atoms with Crippen molar-refractivity contribution in [3.05, 3.63) is 145 Å². The highest BCUT2D eigenvalue weighted by Crippen LogP contribution is 2.17. The third kappa shape index (κ3) is 13.4. The number of para-hydroxylation sites is 1. The summed E-state index contributed by atoms with van der Waals surface area (Å²) in [5.74, 6) is 0.616. The second-order valence-corrected chi connectivity index (χ2v) is 7.22. The van der Waals surface area contributed by atoms with Gasteiger partial charge in [-0.05, 0) is 65.8 Å². The summed E-state index contributed by atoms with van der Waals surface area (Å²) in [5, 5.41) is 53.5. The van der Waals surface area contributed by atoms with Crippen LogP contribution in [-0.4, -0.2) is 30.6 Å². The molecule has 3 aromatic rings. The lowest BCUT2D eigenvalue weighted by molar-refractivity contribution is 0.435. The predicted octanol–water partition coefficient (Wildman–Crippen LogP) is 7.43. The summed E-state index contributed by atoms with van der Waals surface area (Å²) in [7, 11) is 0. The van der Waals surface area contributed by atoms with Crippen LogP contribution in [0, 0.1) is 0 Å². The first-order valence-corrected chi connectivity index (χ1v) is 10.6. The maximum absolute atomic E-state index is 9.26. The Morgan fingerprint density at radius 3 is 1.58 bits per heavy atom. The zero-order valence-corrected chi connectivity index (χ0v) is 19.7. The molecule has 0 amide bonds. The van der Waals surface area contributed by atoms with Gasteiger partial charge in [0, 0.05) is 5.56 Å². The van der Waals surface area contributed by atoms with Crippen molar-refractivity contribution in [2.24, 2.45) is 0 Å². The molecule has 36 heavy (non-hydrogen) atoms. The van der Waals surface area contributed by atoms with Crippen molar-refractivity contribution >= 4 is 18.2 Å². The Bertz CT molecular complexity index is 1230. The number of benzene rings is 3. The molecule has 0 unspecified atom stereocenters. The zero-order chi connectivity index (χ0) is 26.9. The van der Waals surface area contributed by atoms with Gasteiger partial charge in [-0.25, -0.2) is 0 Å². The molecule has 0 aliphatic rings. The Morgan fingerprint density at radius 1 is 0.528 bits per heavy atom. The van der Waals surface area contributed by atoms with Crippen LogP contribution in [0.3, 0.4) is 0 Å². The number of hydrogen-bond donors (Lipinski definition) is 6. The van der Waals surface area contributed by atoms with Crippen molar-refractivity contribution in [1.29, 1.82) is 0 Å². The minimum atomic E-state index is -0.0294. The predicted molar refractivity (Wildman–Crippen MR) is 147 cm³/mol. The molecule has 0 saturated carbocycles. The van der Waals surface area contributed by atoms with E-state index in [-0.39, 0.29) is 34.5 Å². The minimum Gasteiger partial charge on any atom is -0.509 e. The molecule has 0 heterocycles. The summed E-state index contributed by atoms with van der Waals surface area (Å²) in [4.78, 5) is 0. The number of phenolic OH excluding ortho intramolecular Hbond substituents is 3. The van der Waals surface area contributed by atoms with Crippen molar-refractivity contribution < 1.29 is 30.6 Å². The van der Waals surface area contributed by atoms with Gasteiger partial charge in [0.25, 0.3) is 0 Å². The third-order valence-corrected chi connectivity index (χ3v) is 4.09. The molecule has 0 aliphatic carbocycles. The Labute approximate surface area is 211 Å². The van der Waals surface area contributed by atoms with Crippen LogP contribution in [0.2, 0.25) is 0 Å². The first-order valence-electron chi connectivity index (χ1n) is 10.6. The number of aliphatic hydroxyl groups excluding tert-OH is 3. The molecule has 0 aliphatic heterocycles. The van der Waals surface area contributed by atoms with Crippen LogP contribution in [0.15, 0.2) is 128 Å². The van der Waals surface area contributed by atoms with E-state index in [0.29, 0.717) is 5.56 Å². The number of phenols is 3. The van der Waals surface area contributed by atoms with E-state index in [2.05, 4.69) is 19.7 Å². The monoisotopic (exact) mass is 486 g/mol. The van der Waals surface area contributed by atoms with Gasteiger partial charge in [-0.1, -0.05) is 74.4 Å². The first-order chi connectivity index (χ1) is 17.1. The standard InChI is InChI=1S/3C10H10O2/c1-8(11)2-3-9-4-6-10(12)7-5-9;1-8(11)5-6-9-3-2-4-10(12)7-9;1-8(11)6-7-9-4-2-3-5-10(9)12/h3*2-7,11-12H,1H2/b3-2+;6-5+;7-6+. The summed E-state index contributed by atoms with van der Waals surface area (Å²) >= 11 is 0. The SMILES string of the molecule is C=C(O)/C=C/c1ccc(O)cc1.C=C(O)/C=C/c1cccc(O)c1.C=C(O)/C=C/c1ccccc1O. The van der Waals surface area contributed by atoms with E-state index in [1.165, 1.54) is 18.2 Å². The van der Waals surface area contributed by atoms with Gasteiger partial charge in [0.2, 0.25) is 0 Å². The maximum atomic E-state index is 9.26. The molecule has 0 bridgehead atoms. The fourth-order valence-electron chi connectivity index (χ4n) is 2.41. The van der Waals surface area contributed by atoms with Crippen molar-refractivity contribution in [2.45, 2.75) is 0 Å². The summed E-state index contributed by atoms with van der Waals surface area (Å²) < 4.78 is 0. The topological polar surface area (TPSA) is 121 Å². The van der Waals surface area contributed by atoms with Crippen LogP contribution in [0.1, 0.15) is 16.7 Å². The molecule has 186 valence electrons. The van der Waals surface area contributed by atoms with Gasteiger partial charge < -0.3 is 30.6 Å². The molecule has 6 N–H and O–H groups in total. The maximum Gasteiger partial charge on any atom is 0.122 e. The van der Waals surface area contributed by atoms with Gasteiger partial charge in [-0.15, -0.1) is 0 Å². The fraction of sp³-hybridized carbons (Fsp3) is 0. The molecule has 3 rings (SSSR count). The van der Waals surface area contributed by atoms with Crippen LogP contribution in [-0.2, 0) is 0 Å². The molecule has 3 aromatic carbocycles. The average Bonchev–Trinajstić information content (AvgIpc) is 2.83. The lowest BCUT2D eigenvalue weighted by Gasteiger charge is -1.96. The van der Waals surface area contributed by atoms with Gasteiger partial charge in [0.05, 0.1) is 0 Å². The highest BCUT2D eigenvalue weighted by molar-refractivity contribution is 5.58. The average molecular weight is 487 g/mol. The van der Waals surface area contributed by atoms with Crippen LogP contribution in [0.5, 0.6) is 17.2 Å². The van der Waals surface area contributed by atoms with Crippen molar-refractivity contribution in [2.75, 3.05) is 0 Å². The minimum absolute atomic E-state index is 0.00153. The number of aromatic hydroxyl groups is 3. The molecule has 6 nitrogen and oxygen atoms in total. The number of hydrogen-bond acceptors (Lipinski definition) is 6. The lowest BCUT2D eigenvalue weighted by atomic mass is 10.2. The van der Waals surface area contributed by atoms with E-state index in [1.54, 1.807) is 85.0 Å². The lowest BCUT2D eigenvalue weighted by Crippen LogP contribution is -1.73. The van der Waals surface area contributed by atoms with Gasteiger partial charge in [0.1, 0.15) is 34.5 Å².